The quantitative estimate of drug-likeness (QED) is 0.837. The fourth-order valence-corrected chi connectivity index (χ4v) is 4.09. The van der Waals surface area contributed by atoms with E-state index in [-0.39, 0.29) is 10.8 Å². The predicted molar refractivity (Wildman–Crippen MR) is 85.4 cm³/mol. The van der Waals surface area contributed by atoms with Gasteiger partial charge in [-0.25, -0.2) is 13.1 Å². The van der Waals surface area contributed by atoms with E-state index in [4.69, 9.17) is 11.6 Å². The number of hydrogen-bond acceptors (Lipinski definition) is 4. The summed E-state index contributed by atoms with van der Waals surface area (Å²) in [5.74, 6) is -0.567. The Balaban J connectivity index is 2.23. The number of likely N-dealkylation sites (N-methyl/N-ethyl adjacent to an activating group) is 1. The largest absolute Gasteiger partial charge is 0.359 e. The van der Waals surface area contributed by atoms with Gasteiger partial charge in [0, 0.05) is 31.2 Å². The number of carbonyl (C=O) groups is 1. The van der Waals surface area contributed by atoms with Gasteiger partial charge in [0.1, 0.15) is 0 Å². The molecular weight excluding hydrogens is 326 g/mol. The van der Waals surface area contributed by atoms with Gasteiger partial charge in [0.25, 0.3) is 0 Å². The third kappa shape index (κ3) is 3.60. The minimum Gasteiger partial charge on any atom is -0.359 e. The zero-order valence-corrected chi connectivity index (χ0v) is 14.3. The smallest absolute Gasteiger partial charge is 0.240 e. The van der Waals surface area contributed by atoms with E-state index in [2.05, 4.69) is 10.0 Å². The molecule has 1 fully saturated rings. The van der Waals surface area contributed by atoms with Crippen molar-refractivity contribution >= 4 is 27.5 Å². The summed E-state index contributed by atoms with van der Waals surface area (Å²) in [4.78, 5) is 14.0. The first-order chi connectivity index (χ1) is 10.2. The monoisotopic (exact) mass is 345 g/mol. The molecule has 0 radical (unpaired) electrons. The second-order valence-corrected chi connectivity index (χ2v) is 7.70. The molecular formula is C14H20ClN3O3S. The van der Waals surface area contributed by atoms with Crippen molar-refractivity contribution in [1.29, 1.82) is 0 Å². The van der Waals surface area contributed by atoms with Crippen molar-refractivity contribution in [2.45, 2.75) is 17.9 Å². The van der Waals surface area contributed by atoms with Crippen LogP contribution in [0, 0.1) is 12.8 Å². The first-order valence-electron chi connectivity index (χ1n) is 6.93. The normalized spacial score (nSPS) is 22.7. The van der Waals surface area contributed by atoms with E-state index in [1.165, 1.54) is 12.1 Å². The number of halogens is 1. The van der Waals surface area contributed by atoms with E-state index in [0.717, 1.165) is 0 Å². The Morgan fingerprint density at radius 1 is 1.36 bits per heavy atom. The van der Waals surface area contributed by atoms with Gasteiger partial charge in [0.05, 0.1) is 10.8 Å². The van der Waals surface area contributed by atoms with E-state index in [1.807, 2.05) is 11.9 Å². The molecule has 1 amide bonds. The molecule has 6 nitrogen and oxygen atoms in total. The molecule has 0 aliphatic carbocycles. The summed E-state index contributed by atoms with van der Waals surface area (Å²) in [5, 5.41) is 3.10. The maximum atomic E-state index is 12.5. The van der Waals surface area contributed by atoms with Crippen molar-refractivity contribution in [3.05, 3.63) is 28.8 Å². The average molecular weight is 346 g/mol. The number of hydrogen-bond donors (Lipinski definition) is 2. The topological polar surface area (TPSA) is 78.5 Å². The number of likely N-dealkylation sites (tertiary alicyclic amines) is 1. The van der Waals surface area contributed by atoms with Crippen LogP contribution in [0.2, 0.25) is 5.02 Å². The molecule has 0 bridgehead atoms. The Morgan fingerprint density at radius 2 is 2.05 bits per heavy atom. The van der Waals surface area contributed by atoms with Crippen molar-refractivity contribution in [3.63, 3.8) is 0 Å². The van der Waals surface area contributed by atoms with E-state index in [0.29, 0.717) is 23.7 Å². The molecule has 22 heavy (non-hydrogen) atoms. The van der Waals surface area contributed by atoms with Gasteiger partial charge in [-0.05, 0) is 37.7 Å². The Labute approximate surface area is 135 Å². The van der Waals surface area contributed by atoms with Crippen LogP contribution in [-0.2, 0) is 14.8 Å². The van der Waals surface area contributed by atoms with Crippen LogP contribution in [0.15, 0.2) is 23.1 Å². The Hall–Kier alpha value is -1.15. The highest BCUT2D eigenvalue weighted by Gasteiger charge is 2.38. The lowest BCUT2D eigenvalue weighted by molar-refractivity contribution is -0.124. The number of nitrogens with one attached hydrogen (secondary N) is 2. The van der Waals surface area contributed by atoms with Crippen molar-refractivity contribution in [1.82, 2.24) is 14.9 Å². The predicted octanol–water partition coefficient (Wildman–Crippen LogP) is 0.603. The number of sulfonamides is 1. The summed E-state index contributed by atoms with van der Waals surface area (Å²) in [7, 11) is -0.288. The molecule has 1 saturated heterocycles. The third-order valence-corrected chi connectivity index (χ3v) is 5.74. The van der Waals surface area contributed by atoms with E-state index < -0.39 is 22.0 Å². The van der Waals surface area contributed by atoms with Gasteiger partial charge in [0.15, 0.2) is 0 Å². The Morgan fingerprint density at radius 3 is 2.64 bits per heavy atom. The van der Waals surface area contributed by atoms with Gasteiger partial charge in [-0.2, -0.15) is 0 Å². The second kappa shape index (κ2) is 6.54. The van der Waals surface area contributed by atoms with Gasteiger partial charge < -0.3 is 10.2 Å². The molecule has 0 unspecified atom stereocenters. The lowest BCUT2D eigenvalue weighted by Gasteiger charge is -2.19. The lowest BCUT2D eigenvalue weighted by Crippen LogP contribution is -2.45. The molecule has 0 spiro atoms. The number of nitrogens with zero attached hydrogens (tertiary/aromatic N) is 1. The molecule has 8 heteroatoms. The highest BCUT2D eigenvalue weighted by molar-refractivity contribution is 7.89. The molecule has 122 valence electrons. The van der Waals surface area contributed by atoms with Crippen LogP contribution < -0.4 is 10.0 Å². The average Bonchev–Trinajstić information content (AvgIpc) is 2.80. The van der Waals surface area contributed by atoms with Crippen LogP contribution in [0.3, 0.4) is 0 Å². The number of aryl methyl sites for hydroxylation is 1. The summed E-state index contributed by atoms with van der Waals surface area (Å²) < 4.78 is 27.7. The maximum Gasteiger partial charge on any atom is 0.240 e. The van der Waals surface area contributed by atoms with Crippen molar-refractivity contribution < 1.29 is 13.2 Å². The molecule has 1 heterocycles. The molecule has 0 aromatic heterocycles. The third-order valence-electron chi connectivity index (χ3n) is 3.83. The molecule has 2 rings (SSSR count). The molecule has 1 aromatic carbocycles. The minimum atomic E-state index is -3.70. The first kappa shape index (κ1) is 17.2. The molecule has 2 atom stereocenters. The number of carbonyl (C=O) groups excluding carboxylic acids is 1. The van der Waals surface area contributed by atoms with Gasteiger partial charge in [-0.1, -0.05) is 11.6 Å². The maximum absolute atomic E-state index is 12.5. The molecule has 0 saturated carbocycles. The van der Waals surface area contributed by atoms with Crippen molar-refractivity contribution in [2.75, 3.05) is 27.2 Å². The Kier molecular flexibility index (Phi) is 5.11. The summed E-state index contributed by atoms with van der Waals surface area (Å²) in [6.45, 7) is 2.76. The second-order valence-electron chi connectivity index (χ2n) is 5.58. The number of benzene rings is 1. The molecule has 1 aliphatic heterocycles. The fraction of sp³-hybridized carbons (Fsp3) is 0.500. The van der Waals surface area contributed by atoms with Gasteiger partial charge in [0.2, 0.25) is 15.9 Å². The van der Waals surface area contributed by atoms with Crippen LogP contribution in [-0.4, -0.2) is 52.5 Å². The minimum absolute atomic E-state index is 0.152. The summed E-state index contributed by atoms with van der Waals surface area (Å²) in [6.07, 6.45) is 0. The van der Waals surface area contributed by atoms with Gasteiger partial charge in [-0.3, -0.25) is 4.79 Å². The van der Waals surface area contributed by atoms with Crippen LogP contribution in [0.4, 0.5) is 0 Å². The van der Waals surface area contributed by atoms with Gasteiger partial charge in [-0.15, -0.1) is 0 Å². The van der Waals surface area contributed by atoms with Crippen molar-refractivity contribution in [3.8, 4) is 0 Å². The molecule has 1 aliphatic rings. The highest BCUT2D eigenvalue weighted by Crippen LogP contribution is 2.22. The summed E-state index contributed by atoms with van der Waals surface area (Å²) in [5.41, 5.74) is 0.691. The zero-order chi connectivity index (χ0) is 16.5. The van der Waals surface area contributed by atoms with E-state index in [1.54, 1.807) is 20.0 Å². The molecule has 2 N–H and O–H groups in total. The first-order valence-corrected chi connectivity index (χ1v) is 8.79. The zero-order valence-electron chi connectivity index (χ0n) is 12.8. The lowest BCUT2D eigenvalue weighted by atomic mass is 10.0. The summed E-state index contributed by atoms with van der Waals surface area (Å²) in [6, 6.07) is 4.09. The van der Waals surface area contributed by atoms with Crippen LogP contribution in [0.1, 0.15) is 5.56 Å². The summed E-state index contributed by atoms with van der Waals surface area (Å²) >= 11 is 5.93. The van der Waals surface area contributed by atoms with Crippen LogP contribution in [0.25, 0.3) is 0 Å². The van der Waals surface area contributed by atoms with E-state index in [9.17, 15) is 13.2 Å². The van der Waals surface area contributed by atoms with Crippen molar-refractivity contribution in [2.24, 2.45) is 5.92 Å². The van der Waals surface area contributed by atoms with Crippen LogP contribution in [0.5, 0.6) is 0 Å². The molecule has 1 aromatic rings. The number of amides is 1. The Bertz CT molecular complexity index is 678. The van der Waals surface area contributed by atoms with Gasteiger partial charge >= 0.3 is 0 Å². The SMILES string of the molecule is CNC(=O)[C@H]1CN(C)C[C@@H]1NS(=O)(=O)c1ccc(Cl)c(C)c1. The highest BCUT2D eigenvalue weighted by atomic mass is 35.5. The standard InChI is InChI=1S/C14H20ClN3O3S/c1-9-6-10(4-5-12(9)15)22(20,21)17-13-8-18(3)7-11(13)14(19)16-2/h4-6,11,13,17H,7-8H2,1-3H3,(H,16,19)/t11-,13-/m0/s1. The number of rotatable bonds is 4. The fourth-order valence-electron chi connectivity index (χ4n) is 2.62. The van der Waals surface area contributed by atoms with Crippen LogP contribution >= 0.6 is 11.6 Å². The van der Waals surface area contributed by atoms with E-state index >= 15 is 0 Å².